The Morgan fingerprint density at radius 2 is 2.00 bits per heavy atom. The predicted octanol–water partition coefficient (Wildman–Crippen LogP) is 2.27. The van der Waals surface area contributed by atoms with E-state index in [0.29, 0.717) is 6.61 Å². The predicted molar refractivity (Wildman–Crippen MR) is 62.8 cm³/mol. The van der Waals surface area contributed by atoms with Crippen LogP contribution in [0.25, 0.3) is 0 Å². The van der Waals surface area contributed by atoms with Gasteiger partial charge >= 0.3 is 0 Å². The average molecular weight is 211 g/mol. The molecule has 2 heteroatoms. The number of nitrogens with zero attached hydrogens (tertiary/aromatic N) is 1. The first-order valence-corrected chi connectivity index (χ1v) is 6.53. The van der Waals surface area contributed by atoms with Crippen molar-refractivity contribution in [1.29, 1.82) is 0 Å². The third-order valence-electron chi connectivity index (χ3n) is 4.41. The van der Waals surface area contributed by atoms with Crippen LogP contribution in [0.15, 0.2) is 0 Å². The first-order valence-electron chi connectivity index (χ1n) is 6.53. The van der Waals surface area contributed by atoms with E-state index < -0.39 is 0 Å². The standard InChI is InChI=1S/C13H25NO/c1-14-8-7-13(10-14,11-15)9-12-5-3-2-4-6-12/h12,15H,2-11H2,1H3. The molecule has 0 radical (unpaired) electrons. The van der Waals surface area contributed by atoms with Gasteiger partial charge in [-0.1, -0.05) is 32.1 Å². The van der Waals surface area contributed by atoms with Crippen LogP contribution in [0.4, 0.5) is 0 Å². The normalized spacial score (nSPS) is 34.8. The topological polar surface area (TPSA) is 23.5 Å². The van der Waals surface area contributed by atoms with E-state index in [2.05, 4.69) is 11.9 Å². The molecule has 15 heavy (non-hydrogen) atoms. The first-order chi connectivity index (χ1) is 7.24. The molecule has 1 N–H and O–H groups in total. The molecule has 0 aromatic rings. The van der Waals surface area contributed by atoms with Gasteiger partial charge < -0.3 is 10.0 Å². The van der Waals surface area contributed by atoms with E-state index in [-0.39, 0.29) is 5.41 Å². The first kappa shape index (κ1) is 11.4. The van der Waals surface area contributed by atoms with Crippen LogP contribution in [0.1, 0.15) is 44.9 Å². The van der Waals surface area contributed by atoms with Crippen molar-refractivity contribution >= 4 is 0 Å². The van der Waals surface area contributed by atoms with Crippen LogP contribution >= 0.6 is 0 Å². The van der Waals surface area contributed by atoms with Crippen LogP contribution in [-0.2, 0) is 0 Å². The second-order valence-corrected chi connectivity index (χ2v) is 5.85. The summed E-state index contributed by atoms with van der Waals surface area (Å²) in [5.74, 6) is 0.900. The number of hydrogen-bond donors (Lipinski definition) is 1. The molecule has 2 nitrogen and oxygen atoms in total. The molecule has 1 aliphatic carbocycles. The summed E-state index contributed by atoms with van der Waals surface area (Å²) < 4.78 is 0. The molecule has 1 saturated carbocycles. The van der Waals surface area contributed by atoms with Crippen molar-refractivity contribution in [3.63, 3.8) is 0 Å². The van der Waals surface area contributed by atoms with E-state index in [0.717, 1.165) is 12.5 Å². The Morgan fingerprint density at radius 1 is 1.27 bits per heavy atom. The minimum Gasteiger partial charge on any atom is -0.396 e. The lowest BCUT2D eigenvalue weighted by molar-refractivity contribution is 0.0943. The van der Waals surface area contributed by atoms with Crippen LogP contribution in [0, 0.1) is 11.3 Å². The number of rotatable bonds is 3. The molecule has 0 aromatic carbocycles. The molecule has 1 atom stereocenters. The summed E-state index contributed by atoms with van der Waals surface area (Å²) in [6.45, 7) is 2.68. The molecule has 0 bridgehead atoms. The number of aliphatic hydroxyl groups excluding tert-OH is 1. The second-order valence-electron chi connectivity index (χ2n) is 5.85. The molecule has 1 unspecified atom stereocenters. The van der Waals surface area contributed by atoms with Crippen LogP contribution in [0.3, 0.4) is 0 Å². The molecule has 2 aliphatic rings. The van der Waals surface area contributed by atoms with Gasteiger partial charge in [-0.15, -0.1) is 0 Å². The third kappa shape index (κ3) is 2.73. The monoisotopic (exact) mass is 211 g/mol. The summed E-state index contributed by atoms with van der Waals surface area (Å²) in [5, 5.41) is 9.64. The highest BCUT2D eigenvalue weighted by molar-refractivity contribution is 4.90. The Balaban J connectivity index is 1.89. The average Bonchev–Trinajstić information content (AvgIpc) is 2.62. The Morgan fingerprint density at radius 3 is 2.53 bits per heavy atom. The van der Waals surface area contributed by atoms with Crippen molar-refractivity contribution in [2.24, 2.45) is 11.3 Å². The van der Waals surface area contributed by atoms with Gasteiger partial charge in [0.2, 0.25) is 0 Å². The zero-order chi connectivity index (χ0) is 10.7. The molecule has 88 valence electrons. The van der Waals surface area contributed by atoms with Gasteiger partial charge in [0.15, 0.2) is 0 Å². The lowest BCUT2D eigenvalue weighted by atomic mass is 9.74. The van der Waals surface area contributed by atoms with Gasteiger partial charge in [-0.25, -0.2) is 0 Å². The van der Waals surface area contributed by atoms with E-state index in [1.165, 1.54) is 51.5 Å². The summed E-state index contributed by atoms with van der Waals surface area (Å²) in [6, 6.07) is 0. The smallest absolute Gasteiger partial charge is 0.0500 e. The SMILES string of the molecule is CN1CCC(CO)(CC2CCCCC2)C1. The number of hydrogen-bond acceptors (Lipinski definition) is 2. The fourth-order valence-corrected chi connectivity index (χ4v) is 3.52. The molecular formula is C13H25NO. The lowest BCUT2D eigenvalue weighted by Gasteiger charge is -2.33. The van der Waals surface area contributed by atoms with Crippen molar-refractivity contribution in [1.82, 2.24) is 4.90 Å². The zero-order valence-corrected chi connectivity index (χ0v) is 10.0. The van der Waals surface area contributed by atoms with Crippen molar-refractivity contribution in [2.75, 3.05) is 26.7 Å². The maximum atomic E-state index is 9.64. The molecule has 0 amide bonds. The molecule has 1 heterocycles. The molecular weight excluding hydrogens is 186 g/mol. The van der Waals surface area contributed by atoms with Gasteiger partial charge in [-0.2, -0.15) is 0 Å². The maximum absolute atomic E-state index is 9.64. The van der Waals surface area contributed by atoms with E-state index in [1.54, 1.807) is 0 Å². The molecule has 0 spiro atoms. The lowest BCUT2D eigenvalue weighted by Crippen LogP contribution is -2.32. The van der Waals surface area contributed by atoms with Crippen LogP contribution in [0.2, 0.25) is 0 Å². The summed E-state index contributed by atoms with van der Waals surface area (Å²) in [4.78, 5) is 2.37. The highest BCUT2D eigenvalue weighted by atomic mass is 16.3. The molecule has 1 aliphatic heterocycles. The minimum absolute atomic E-state index is 0.247. The fourth-order valence-electron chi connectivity index (χ4n) is 3.52. The second kappa shape index (κ2) is 4.84. The van der Waals surface area contributed by atoms with E-state index in [1.807, 2.05) is 0 Å². The van der Waals surface area contributed by atoms with Gasteiger partial charge in [0.1, 0.15) is 0 Å². The summed E-state index contributed by atoms with van der Waals surface area (Å²) >= 11 is 0. The van der Waals surface area contributed by atoms with Crippen molar-refractivity contribution in [3.8, 4) is 0 Å². The largest absolute Gasteiger partial charge is 0.396 e. The van der Waals surface area contributed by atoms with Crippen LogP contribution < -0.4 is 0 Å². The fraction of sp³-hybridized carbons (Fsp3) is 1.00. The molecule has 1 saturated heterocycles. The van der Waals surface area contributed by atoms with Gasteiger partial charge in [0, 0.05) is 18.6 Å². The number of likely N-dealkylation sites (tertiary alicyclic amines) is 1. The highest BCUT2D eigenvalue weighted by Crippen LogP contribution is 2.40. The third-order valence-corrected chi connectivity index (χ3v) is 4.41. The van der Waals surface area contributed by atoms with Crippen molar-refractivity contribution < 1.29 is 5.11 Å². The summed E-state index contributed by atoms with van der Waals surface area (Å²) in [6.07, 6.45) is 9.56. The Bertz CT molecular complexity index is 201. The molecule has 2 fully saturated rings. The Labute approximate surface area is 93.7 Å². The molecule has 0 aromatic heterocycles. The summed E-state index contributed by atoms with van der Waals surface area (Å²) in [5.41, 5.74) is 0.247. The zero-order valence-electron chi connectivity index (χ0n) is 10.0. The van der Waals surface area contributed by atoms with Gasteiger partial charge in [-0.05, 0) is 32.4 Å². The maximum Gasteiger partial charge on any atom is 0.0500 e. The van der Waals surface area contributed by atoms with E-state index in [9.17, 15) is 5.11 Å². The number of aliphatic hydroxyl groups is 1. The van der Waals surface area contributed by atoms with Crippen LogP contribution in [0.5, 0.6) is 0 Å². The van der Waals surface area contributed by atoms with Crippen molar-refractivity contribution in [3.05, 3.63) is 0 Å². The van der Waals surface area contributed by atoms with Crippen LogP contribution in [-0.4, -0.2) is 36.8 Å². The quantitative estimate of drug-likeness (QED) is 0.774. The van der Waals surface area contributed by atoms with Gasteiger partial charge in [0.25, 0.3) is 0 Å². The van der Waals surface area contributed by atoms with E-state index >= 15 is 0 Å². The highest BCUT2D eigenvalue weighted by Gasteiger charge is 2.38. The minimum atomic E-state index is 0.247. The van der Waals surface area contributed by atoms with Gasteiger partial charge in [-0.3, -0.25) is 0 Å². The molecule has 2 rings (SSSR count). The van der Waals surface area contributed by atoms with Gasteiger partial charge in [0.05, 0.1) is 0 Å². The Hall–Kier alpha value is -0.0800. The van der Waals surface area contributed by atoms with E-state index in [4.69, 9.17) is 0 Å². The summed E-state index contributed by atoms with van der Waals surface area (Å²) in [7, 11) is 2.18. The van der Waals surface area contributed by atoms with Crippen molar-refractivity contribution in [2.45, 2.75) is 44.9 Å². The Kier molecular flexibility index (Phi) is 3.68.